The van der Waals surface area contributed by atoms with Crippen LogP contribution in [0.1, 0.15) is 44.1 Å². The van der Waals surface area contributed by atoms with Gasteiger partial charge < -0.3 is 10.8 Å². The van der Waals surface area contributed by atoms with Gasteiger partial charge in [0.25, 0.3) is 0 Å². The standard InChI is InChI=1S/C14H17ClN2O/c15-12-6-10-17-13(16)11(12)5-9-14(18)7-3-1-2-4-8-14/h6,10,18H,1-4,7-8H2,(H2,16,17). The molecule has 0 unspecified atom stereocenters. The van der Waals surface area contributed by atoms with Crippen LogP contribution in [0.2, 0.25) is 5.02 Å². The number of pyridine rings is 1. The van der Waals surface area contributed by atoms with Gasteiger partial charge in [-0.1, -0.05) is 36.3 Å². The van der Waals surface area contributed by atoms with E-state index in [9.17, 15) is 5.11 Å². The van der Waals surface area contributed by atoms with Gasteiger partial charge in [-0.05, 0) is 31.7 Å². The number of hydrogen-bond acceptors (Lipinski definition) is 3. The smallest absolute Gasteiger partial charge is 0.140 e. The summed E-state index contributed by atoms with van der Waals surface area (Å²) in [6.07, 6.45) is 7.35. The normalized spacial score (nSPS) is 18.6. The van der Waals surface area contributed by atoms with Gasteiger partial charge in [-0.15, -0.1) is 0 Å². The summed E-state index contributed by atoms with van der Waals surface area (Å²) >= 11 is 6.02. The SMILES string of the molecule is Nc1nccc(Cl)c1C#CC1(O)CCCCCC1. The maximum atomic E-state index is 10.4. The first kappa shape index (κ1) is 13.2. The van der Waals surface area contributed by atoms with Crippen molar-refractivity contribution in [1.82, 2.24) is 4.98 Å². The van der Waals surface area contributed by atoms with E-state index in [1.807, 2.05) is 0 Å². The number of aromatic nitrogens is 1. The lowest BCUT2D eigenvalue weighted by Crippen LogP contribution is -2.25. The topological polar surface area (TPSA) is 59.1 Å². The van der Waals surface area contributed by atoms with Crippen molar-refractivity contribution in [2.24, 2.45) is 0 Å². The molecule has 0 bridgehead atoms. The van der Waals surface area contributed by atoms with Gasteiger partial charge in [0.05, 0.1) is 10.6 Å². The van der Waals surface area contributed by atoms with E-state index >= 15 is 0 Å². The minimum atomic E-state index is -0.901. The van der Waals surface area contributed by atoms with Crippen LogP contribution >= 0.6 is 11.6 Å². The molecule has 1 fully saturated rings. The Kier molecular flexibility index (Phi) is 4.11. The molecule has 1 aromatic heterocycles. The highest BCUT2D eigenvalue weighted by Crippen LogP contribution is 2.27. The zero-order chi connectivity index (χ0) is 13.0. The minimum Gasteiger partial charge on any atom is -0.383 e. The van der Waals surface area contributed by atoms with Crippen LogP contribution in [0.3, 0.4) is 0 Å². The van der Waals surface area contributed by atoms with E-state index in [0.717, 1.165) is 25.7 Å². The number of hydrogen-bond donors (Lipinski definition) is 2. The molecule has 0 amide bonds. The van der Waals surface area contributed by atoms with E-state index in [-0.39, 0.29) is 0 Å². The fourth-order valence-electron chi connectivity index (χ4n) is 2.19. The molecule has 1 heterocycles. The molecular formula is C14H17ClN2O. The Morgan fingerprint density at radius 1 is 1.28 bits per heavy atom. The average Bonchev–Trinajstić information content (AvgIpc) is 2.54. The Morgan fingerprint density at radius 3 is 2.56 bits per heavy atom. The number of rotatable bonds is 0. The molecule has 4 heteroatoms. The highest BCUT2D eigenvalue weighted by atomic mass is 35.5. The van der Waals surface area contributed by atoms with E-state index in [2.05, 4.69) is 16.8 Å². The average molecular weight is 265 g/mol. The first-order chi connectivity index (χ1) is 8.61. The van der Waals surface area contributed by atoms with E-state index < -0.39 is 5.60 Å². The van der Waals surface area contributed by atoms with Crippen LogP contribution in [0.4, 0.5) is 5.82 Å². The molecule has 0 aliphatic heterocycles. The zero-order valence-electron chi connectivity index (χ0n) is 10.2. The number of anilines is 1. The van der Waals surface area contributed by atoms with Crippen molar-refractivity contribution in [2.75, 3.05) is 5.73 Å². The van der Waals surface area contributed by atoms with Gasteiger partial charge >= 0.3 is 0 Å². The molecule has 18 heavy (non-hydrogen) atoms. The number of aliphatic hydroxyl groups is 1. The number of nitrogens with two attached hydrogens (primary N) is 1. The van der Waals surface area contributed by atoms with E-state index in [0.29, 0.717) is 16.4 Å². The van der Waals surface area contributed by atoms with Gasteiger partial charge in [0.1, 0.15) is 11.4 Å². The fourth-order valence-corrected chi connectivity index (χ4v) is 2.39. The molecular weight excluding hydrogens is 248 g/mol. The van der Waals surface area contributed by atoms with Crippen LogP contribution in [-0.2, 0) is 0 Å². The second kappa shape index (κ2) is 5.60. The molecule has 3 N–H and O–H groups in total. The second-order valence-electron chi connectivity index (χ2n) is 4.75. The molecule has 1 aliphatic carbocycles. The van der Waals surface area contributed by atoms with Crippen LogP contribution in [0.15, 0.2) is 12.3 Å². The molecule has 2 rings (SSSR count). The first-order valence-corrected chi connectivity index (χ1v) is 6.64. The lowest BCUT2D eigenvalue weighted by atomic mass is 9.95. The molecule has 0 atom stereocenters. The second-order valence-corrected chi connectivity index (χ2v) is 5.16. The zero-order valence-corrected chi connectivity index (χ0v) is 11.0. The van der Waals surface area contributed by atoms with Crippen LogP contribution in [0, 0.1) is 11.8 Å². The largest absolute Gasteiger partial charge is 0.383 e. The first-order valence-electron chi connectivity index (χ1n) is 6.26. The molecule has 0 radical (unpaired) electrons. The van der Waals surface area contributed by atoms with Crippen molar-refractivity contribution in [3.63, 3.8) is 0 Å². The van der Waals surface area contributed by atoms with Gasteiger partial charge in [0.15, 0.2) is 0 Å². The van der Waals surface area contributed by atoms with Crippen LogP contribution in [-0.4, -0.2) is 15.7 Å². The predicted octanol–water partition coefficient (Wildman–Crippen LogP) is 2.75. The summed E-state index contributed by atoms with van der Waals surface area (Å²) in [6.45, 7) is 0. The minimum absolute atomic E-state index is 0.312. The summed E-state index contributed by atoms with van der Waals surface area (Å²) in [7, 11) is 0. The van der Waals surface area contributed by atoms with Gasteiger partial charge in [0.2, 0.25) is 0 Å². The highest BCUT2D eigenvalue weighted by Gasteiger charge is 2.25. The van der Waals surface area contributed by atoms with Gasteiger partial charge in [-0.2, -0.15) is 0 Å². The lowest BCUT2D eigenvalue weighted by molar-refractivity contribution is 0.0849. The molecule has 1 aliphatic rings. The van der Waals surface area contributed by atoms with Gasteiger partial charge in [-0.3, -0.25) is 0 Å². The third-order valence-corrected chi connectivity index (χ3v) is 3.60. The fraction of sp³-hybridized carbons (Fsp3) is 0.500. The summed E-state index contributed by atoms with van der Waals surface area (Å²) < 4.78 is 0. The van der Waals surface area contributed by atoms with E-state index in [1.54, 1.807) is 12.3 Å². The molecule has 1 saturated carbocycles. The van der Waals surface area contributed by atoms with E-state index in [1.165, 1.54) is 12.8 Å². The molecule has 96 valence electrons. The van der Waals surface area contributed by atoms with Crippen LogP contribution in [0.5, 0.6) is 0 Å². The van der Waals surface area contributed by atoms with E-state index in [4.69, 9.17) is 17.3 Å². The molecule has 0 saturated heterocycles. The molecule has 3 nitrogen and oxygen atoms in total. The summed E-state index contributed by atoms with van der Waals surface area (Å²) in [5.41, 5.74) is 5.34. The van der Waals surface area contributed by atoms with Crippen molar-refractivity contribution >= 4 is 17.4 Å². The number of halogens is 1. The Morgan fingerprint density at radius 2 is 1.94 bits per heavy atom. The highest BCUT2D eigenvalue weighted by molar-refractivity contribution is 6.32. The van der Waals surface area contributed by atoms with Crippen molar-refractivity contribution in [3.05, 3.63) is 22.8 Å². The third kappa shape index (κ3) is 3.16. The number of nitrogens with zero attached hydrogens (tertiary/aromatic N) is 1. The monoisotopic (exact) mass is 264 g/mol. The van der Waals surface area contributed by atoms with Crippen molar-refractivity contribution in [3.8, 4) is 11.8 Å². The summed E-state index contributed by atoms with van der Waals surface area (Å²) in [6, 6.07) is 1.65. The quantitative estimate of drug-likeness (QED) is 0.560. The maximum Gasteiger partial charge on any atom is 0.140 e. The number of nitrogen functional groups attached to an aromatic ring is 1. The molecule has 1 aromatic rings. The Hall–Kier alpha value is -1.24. The molecule has 0 aromatic carbocycles. The molecule has 0 spiro atoms. The third-order valence-electron chi connectivity index (χ3n) is 3.28. The lowest BCUT2D eigenvalue weighted by Gasteiger charge is -2.19. The summed E-state index contributed by atoms with van der Waals surface area (Å²) in [5.74, 6) is 6.15. The van der Waals surface area contributed by atoms with Crippen LogP contribution in [0.25, 0.3) is 0 Å². The van der Waals surface area contributed by atoms with Crippen molar-refractivity contribution in [2.45, 2.75) is 44.1 Å². The van der Waals surface area contributed by atoms with Gasteiger partial charge in [0, 0.05) is 6.20 Å². The Labute approximate surface area is 112 Å². The summed E-state index contributed by atoms with van der Waals surface area (Å²) in [4.78, 5) is 3.95. The van der Waals surface area contributed by atoms with Crippen molar-refractivity contribution in [1.29, 1.82) is 0 Å². The Balaban J connectivity index is 2.25. The Bertz CT molecular complexity index is 462. The summed E-state index contributed by atoms with van der Waals surface area (Å²) in [5, 5.41) is 10.9. The maximum absolute atomic E-state index is 10.4. The van der Waals surface area contributed by atoms with Crippen molar-refractivity contribution < 1.29 is 5.11 Å². The van der Waals surface area contributed by atoms with Gasteiger partial charge in [-0.25, -0.2) is 4.98 Å². The predicted molar refractivity (Wildman–Crippen MR) is 73.2 cm³/mol. The van der Waals surface area contributed by atoms with Crippen LogP contribution < -0.4 is 5.73 Å².